The molecule has 2 N–H and O–H groups in total. The van der Waals surface area contributed by atoms with E-state index in [1.807, 2.05) is 0 Å². The molecule has 1 fully saturated rings. The molecule has 14 heavy (non-hydrogen) atoms. The molecule has 2 atom stereocenters. The van der Waals surface area contributed by atoms with Gasteiger partial charge < -0.3 is 10.6 Å². The van der Waals surface area contributed by atoms with E-state index in [0.717, 1.165) is 12.0 Å². The van der Waals surface area contributed by atoms with Crippen LogP contribution < -0.4 is 10.6 Å². The Balaban J connectivity index is 2.23. The van der Waals surface area contributed by atoms with Crippen molar-refractivity contribution in [1.82, 2.24) is 10.6 Å². The predicted octanol–water partition coefficient (Wildman–Crippen LogP) is 2.15. The van der Waals surface area contributed by atoms with Crippen LogP contribution in [0.25, 0.3) is 0 Å². The second-order valence-corrected chi connectivity index (χ2v) is 5.00. The summed E-state index contributed by atoms with van der Waals surface area (Å²) in [6, 6.07) is 1.46. The average Bonchev–Trinajstić information content (AvgIpc) is 2.17. The first-order valence-electron chi connectivity index (χ1n) is 6.13. The molecule has 1 aliphatic rings. The molecule has 2 heteroatoms. The molecular formula is C12H26N2. The Labute approximate surface area is 88.8 Å². The van der Waals surface area contributed by atoms with Gasteiger partial charge in [-0.15, -0.1) is 0 Å². The molecule has 0 aromatic rings. The average molecular weight is 198 g/mol. The monoisotopic (exact) mass is 198 g/mol. The molecule has 0 aromatic heterocycles. The van der Waals surface area contributed by atoms with E-state index < -0.39 is 0 Å². The third kappa shape index (κ3) is 4.43. The van der Waals surface area contributed by atoms with Crippen LogP contribution in [0.3, 0.4) is 0 Å². The highest BCUT2D eigenvalue weighted by molar-refractivity contribution is 4.78. The molecule has 0 aliphatic carbocycles. The molecule has 1 aliphatic heterocycles. The summed E-state index contributed by atoms with van der Waals surface area (Å²) in [6.45, 7) is 5.83. The van der Waals surface area contributed by atoms with Crippen LogP contribution in [0.15, 0.2) is 0 Å². The van der Waals surface area contributed by atoms with E-state index in [4.69, 9.17) is 0 Å². The highest BCUT2D eigenvalue weighted by atomic mass is 14.9. The number of piperidine rings is 1. The molecule has 0 spiro atoms. The zero-order valence-corrected chi connectivity index (χ0v) is 9.97. The molecule has 2 nitrogen and oxygen atoms in total. The first kappa shape index (κ1) is 12.0. The van der Waals surface area contributed by atoms with Gasteiger partial charge in [-0.3, -0.25) is 0 Å². The van der Waals surface area contributed by atoms with E-state index in [1.165, 1.54) is 38.6 Å². The second-order valence-electron chi connectivity index (χ2n) is 5.00. The summed E-state index contributed by atoms with van der Waals surface area (Å²) in [4.78, 5) is 0. The van der Waals surface area contributed by atoms with Crippen LogP contribution in [0.4, 0.5) is 0 Å². The van der Waals surface area contributed by atoms with Crippen LogP contribution in [0.2, 0.25) is 0 Å². The van der Waals surface area contributed by atoms with Crippen LogP contribution in [0, 0.1) is 5.92 Å². The molecule has 0 saturated carbocycles. The maximum Gasteiger partial charge on any atom is 0.00818 e. The van der Waals surface area contributed by atoms with Crippen LogP contribution in [0.5, 0.6) is 0 Å². The fourth-order valence-electron chi connectivity index (χ4n) is 2.37. The van der Waals surface area contributed by atoms with Gasteiger partial charge in [-0.2, -0.15) is 0 Å². The first-order valence-corrected chi connectivity index (χ1v) is 6.13. The Hall–Kier alpha value is -0.0800. The lowest BCUT2D eigenvalue weighted by Crippen LogP contribution is -2.40. The first-order chi connectivity index (χ1) is 6.72. The fourth-order valence-corrected chi connectivity index (χ4v) is 2.37. The van der Waals surface area contributed by atoms with Gasteiger partial charge in [-0.05, 0) is 45.2 Å². The third-order valence-corrected chi connectivity index (χ3v) is 3.15. The zero-order valence-electron chi connectivity index (χ0n) is 9.97. The van der Waals surface area contributed by atoms with Crippen LogP contribution in [-0.4, -0.2) is 25.7 Å². The minimum Gasteiger partial charge on any atom is -0.317 e. The number of hydrogen-bond acceptors (Lipinski definition) is 2. The minimum atomic E-state index is 0.700. The summed E-state index contributed by atoms with van der Waals surface area (Å²) in [5.74, 6) is 0.802. The quantitative estimate of drug-likeness (QED) is 0.707. The Bertz CT molecular complexity index is 139. The van der Waals surface area contributed by atoms with Crippen LogP contribution in [0.1, 0.15) is 46.0 Å². The van der Waals surface area contributed by atoms with Gasteiger partial charge >= 0.3 is 0 Å². The Morgan fingerprint density at radius 2 is 2.14 bits per heavy atom. The van der Waals surface area contributed by atoms with Crippen molar-refractivity contribution in [3.8, 4) is 0 Å². The molecule has 0 amide bonds. The molecule has 1 saturated heterocycles. The van der Waals surface area contributed by atoms with Gasteiger partial charge in [0.1, 0.15) is 0 Å². The summed E-state index contributed by atoms with van der Waals surface area (Å²) in [5, 5.41) is 7.06. The lowest BCUT2D eigenvalue weighted by Gasteiger charge is -2.28. The van der Waals surface area contributed by atoms with E-state index in [-0.39, 0.29) is 0 Å². The van der Waals surface area contributed by atoms with Crippen LogP contribution >= 0.6 is 0 Å². The van der Waals surface area contributed by atoms with Gasteiger partial charge in [0.25, 0.3) is 0 Å². The molecule has 0 aromatic carbocycles. The Kier molecular flexibility index (Phi) is 5.49. The lowest BCUT2D eigenvalue weighted by molar-refractivity contribution is 0.320. The summed E-state index contributed by atoms with van der Waals surface area (Å²) in [7, 11) is 2.09. The SMILES string of the molecule is CNC(CC(C)C)CC1CCCCN1. The van der Waals surface area contributed by atoms with Crippen molar-refractivity contribution in [2.45, 2.75) is 58.0 Å². The van der Waals surface area contributed by atoms with Crippen molar-refractivity contribution in [2.75, 3.05) is 13.6 Å². The Morgan fingerprint density at radius 1 is 1.36 bits per heavy atom. The highest BCUT2D eigenvalue weighted by Gasteiger charge is 2.17. The normalized spacial score (nSPS) is 25.3. The number of hydrogen-bond donors (Lipinski definition) is 2. The molecule has 1 rings (SSSR count). The maximum atomic E-state index is 3.62. The second kappa shape index (κ2) is 6.41. The van der Waals surface area contributed by atoms with Crippen LogP contribution in [-0.2, 0) is 0 Å². The Morgan fingerprint density at radius 3 is 2.64 bits per heavy atom. The maximum absolute atomic E-state index is 3.62. The highest BCUT2D eigenvalue weighted by Crippen LogP contribution is 2.15. The van der Waals surface area contributed by atoms with E-state index in [9.17, 15) is 0 Å². The molecule has 0 radical (unpaired) electrons. The van der Waals surface area contributed by atoms with Gasteiger partial charge in [-0.25, -0.2) is 0 Å². The summed E-state index contributed by atoms with van der Waals surface area (Å²) < 4.78 is 0. The van der Waals surface area contributed by atoms with Crippen molar-refractivity contribution in [1.29, 1.82) is 0 Å². The van der Waals surface area contributed by atoms with Gasteiger partial charge in [0, 0.05) is 12.1 Å². The predicted molar refractivity (Wildman–Crippen MR) is 62.6 cm³/mol. The zero-order chi connectivity index (χ0) is 10.4. The molecule has 84 valence electrons. The largest absolute Gasteiger partial charge is 0.317 e. The molecule has 1 heterocycles. The van der Waals surface area contributed by atoms with Gasteiger partial charge in [0.15, 0.2) is 0 Å². The fraction of sp³-hybridized carbons (Fsp3) is 1.00. The van der Waals surface area contributed by atoms with Gasteiger partial charge in [0.05, 0.1) is 0 Å². The molecule has 0 bridgehead atoms. The van der Waals surface area contributed by atoms with Crippen molar-refractivity contribution in [3.05, 3.63) is 0 Å². The smallest absolute Gasteiger partial charge is 0.00818 e. The van der Waals surface area contributed by atoms with Crippen molar-refractivity contribution >= 4 is 0 Å². The van der Waals surface area contributed by atoms with Crippen molar-refractivity contribution in [3.63, 3.8) is 0 Å². The minimum absolute atomic E-state index is 0.700. The molecular weight excluding hydrogens is 172 g/mol. The topological polar surface area (TPSA) is 24.1 Å². The van der Waals surface area contributed by atoms with Crippen molar-refractivity contribution < 1.29 is 0 Å². The third-order valence-electron chi connectivity index (χ3n) is 3.15. The lowest BCUT2D eigenvalue weighted by atomic mass is 9.93. The summed E-state index contributed by atoms with van der Waals surface area (Å²) in [5.41, 5.74) is 0. The van der Waals surface area contributed by atoms with E-state index in [0.29, 0.717) is 6.04 Å². The summed E-state index contributed by atoms with van der Waals surface area (Å²) >= 11 is 0. The van der Waals surface area contributed by atoms with E-state index in [2.05, 4.69) is 31.5 Å². The van der Waals surface area contributed by atoms with E-state index in [1.54, 1.807) is 0 Å². The van der Waals surface area contributed by atoms with Gasteiger partial charge in [-0.1, -0.05) is 20.3 Å². The van der Waals surface area contributed by atoms with Crippen molar-refractivity contribution in [2.24, 2.45) is 5.92 Å². The standard InChI is InChI=1S/C12H26N2/c1-10(2)8-12(13-3)9-11-6-4-5-7-14-11/h10-14H,4-9H2,1-3H3. The number of rotatable bonds is 5. The number of nitrogens with one attached hydrogen (secondary N) is 2. The van der Waals surface area contributed by atoms with Gasteiger partial charge in [0.2, 0.25) is 0 Å². The molecule has 2 unspecified atom stereocenters. The van der Waals surface area contributed by atoms with E-state index >= 15 is 0 Å². The summed E-state index contributed by atoms with van der Waals surface area (Å²) in [6.07, 6.45) is 6.75.